The molecule has 2 aliphatic rings. The molecule has 0 aliphatic heterocycles. The van der Waals surface area contributed by atoms with E-state index in [2.05, 4.69) is 19.9 Å². The molecule has 0 aromatic carbocycles. The van der Waals surface area contributed by atoms with Crippen LogP contribution in [0, 0.1) is 5.92 Å². The first kappa shape index (κ1) is 14.1. The Kier molecular flexibility index (Phi) is 6.32. The topological polar surface area (TPSA) is 0 Å². The Morgan fingerprint density at radius 2 is 1.73 bits per heavy atom. The quantitative estimate of drug-likeness (QED) is 0.517. The minimum absolute atomic E-state index is 0.769. The van der Waals surface area contributed by atoms with Crippen LogP contribution < -0.4 is 0 Å². The molecule has 0 amide bonds. The maximum absolute atomic E-state index is 4.97. The van der Waals surface area contributed by atoms with Crippen molar-refractivity contribution < 1.29 is 14.7 Å². The van der Waals surface area contributed by atoms with Crippen molar-refractivity contribution in [2.45, 2.75) is 39.5 Å². The van der Waals surface area contributed by atoms with Gasteiger partial charge in [-0.15, -0.1) is 0 Å². The summed E-state index contributed by atoms with van der Waals surface area (Å²) in [7, 11) is 14.9. The summed E-state index contributed by atoms with van der Waals surface area (Å²) in [4.78, 5) is 0. The molecule has 0 N–H and O–H groups in total. The first-order valence-electron chi connectivity index (χ1n) is 5.26. The fourth-order valence-corrected chi connectivity index (χ4v) is 2.29. The van der Waals surface area contributed by atoms with Crippen molar-refractivity contribution in [3.63, 3.8) is 0 Å². The van der Waals surface area contributed by atoms with Gasteiger partial charge >= 0.3 is 42.6 Å². The molecule has 2 aliphatic carbocycles. The summed E-state index contributed by atoms with van der Waals surface area (Å²) in [5, 5.41) is 0. The van der Waals surface area contributed by atoms with Crippen molar-refractivity contribution in [3.8, 4) is 0 Å². The standard InChI is InChI=1S/C11H16.3ClH.Ti/c1-8-7-10-5-3-4-6-11(10)9(8)2;;;;/h7,9H,3-6H2,1-2H3;3*1H;/q;;;;+3/p-3. The second kappa shape index (κ2) is 6.72. The fraction of sp³-hybridized carbons (Fsp3) is 0.636. The van der Waals surface area contributed by atoms with Crippen molar-refractivity contribution in [3.05, 3.63) is 22.8 Å². The van der Waals surface area contributed by atoms with Gasteiger partial charge < -0.3 is 0 Å². The van der Waals surface area contributed by atoms with Crippen molar-refractivity contribution in [2.75, 3.05) is 0 Å². The van der Waals surface area contributed by atoms with Gasteiger partial charge in [0.25, 0.3) is 0 Å². The van der Waals surface area contributed by atoms with E-state index in [1.54, 1.807) is 16.7 Å². The van der Waals surface area contributed by atoms with E-state index in [1.807, 2.05) is 0 Å². The summed E-state index contributed by atoms with van der Waals surface area (Å²) >= 11 is -1.92. The van der Waals surface area contributed by atoms with Gasteiger partial charge in [-0.1, -0.05) is 24.1 Å². The van der Waals surface area contributed by atoms with Gasteiger partial charge in [-0.3, -0.25) is 0 Å². The van der Waals surface area contributed by atoms with Crippen molar-refractivity contribution in [1.82, 2.24) is 0 Å². The average Bonchev–Trinajstić information content (AvgIpc) is 2.43. The van der Waals surface area contributed by atoms with Crippen LogP contribution in [0.1, 0.15) is 39.5 Å². The van der Waals surface area contributed by atoms with Gasteiger partial charge in [-0.25, -0.2) is 0 Å². The Labute approximate surface area is 110 Å². The molecule has 0 saturated carbocycles. The monoisotopic (exact) mass is 301 g/mol. The van der Waals surface area contributed by atoms with Crippen molar-refractivity contribution in [2.24, 2.45) is 5.92 Å². The van der Waals surface area contributed by atoms with Crippen molar-refractivity contribution >= 4 is 27.9 Å². The molecule has 4 heteroatoms. The zero-order chi connectivity index (χ0) is 11.4. The molecule has 1 unspecified atom stereocenters. The number of allylic oxidation sites excluding steroid dienone is 4. The Morgan fingerprint density at radius 3 is 2.27 bits per heavy atom. The maximum atomic E-state index is 4.97. The Bertz CT molecular complexity index is 279. The van der Waals surface area contributed by atoms with E-state index in [-0.39, 0.29) is 0 Å². The minimum atomic E-state index is -1.92. The summed E-state index contributed by atoms with van der Waals surface area (Å²) in [6.45, 7) is 4.61. The molecule has 0 aromatic rings. The van der Waals surface area contributed by atoms with E-state index >= 15 is 0 Å². The molecule has 0 spiro atoms. The second-order valence-corrected chi connectivity index (χ2v) is 11.8. The van der Waals surface area contributed by atoms with E-state index in [0.717, 1.165) is 5.92 Å². The molecule has 85 valence electrons. The molecule has 15 heavy (non-hydrogen) atoms. The van der Waals surface area contributed by atoms with Gasteiger partial charge in [0, 0.05) is 0 Å². The van der Waals surface area contributed by atoms with Gasteiger partial charge in [0.05, 0.1) is 0 Å². The zero-order valence-corrected chi connectivity index (χ0v) is 12.9. The van der Waals surface area contributed by atoms with Crippen LogP contribution in [0.5, 0.6) is 0 Å². The van der Waals surface area contributed by atoms with E-state index in [9.17, 15) is 0 Å². The molecule has 0 fully saturated rings. The summed E-state index contributed by atoms with van der Waals surface area (Å²) in [6, 6.07) is 0. The van der Waals surface area contributed by atoms with Crippen LogP contribution in [0.15, 0.2) is 22.8 Å². The summed E-state index contributed by atoms with van der Waals surface area (Å²) in [6.07, 6.45) is 7.96. The molecular formula is C11H16Cl3Ti. The first-order chi connectivity index (χ1) is 7.02. The SMILES string of the molecule is CC1=CC2=C(CCCC2)C1C.[Cl][Ti]([Cl])[Cl]. The molecular weight excluding hydrogens is 286 g/mol. The van der Waals surface area contributed by atoms with E-state index in [1.165, 1.54) is 25.7 Å². The third-order valence-corrected chi connectivity index (χ3v) is 3.16. The number of hydrogen-bond donors (Lipinski definition) is 0. The van der Waals surface area contributed by atoms with Crippen LogP contribution in [-0.2, 0) is 14.7 Å². The summed E-state index contributed by atoms with van der Waals surface area (Å²) < 4.78 is 0. The number of hydrogen-bond acceptors (Lipinski definition) is 0. The predicted octanol–water partition coefficient (Wildman–Crippen LogP) is 5.52. The van der Waals surface area contributed by atoms with Gasteiger partial charge in [0.1, 0.15) is 0 Å². The molecule has 0 bridgehead atoms. The molecule has 0 nitrogen and oxygen atoms in total. The Hall–Kier alpha value is 1.06. The molecule has 0 saturated heterocycles. The van der Waals surface area contributed by atoms with E-state index in [0.29, 0.717) is 0 Å². The van der Waals surface area contributed by atoms with Crippen LogP contribution in [-0.4, -0.2) is 0 Å². The number of halogens is 3. The predicted molar refractivity (Wildman–Crippen MR) is 66.0 cm³/mol. The normalized spacial score (nSPS) is 24.1. The van der Waals surface area contributed by atoms with Crippen LogP contribution in [0.2, 0.25) is 0 Å². The van der Waals surface area contributed by atoms with Gasteiger partial charge in [0.2, 0.25) is 0 Å². The van der Waals surface area contributed by atoms with Crippen LogP contribution in [0.25, 0.3) is 0 Å². The molecule has 1 atom stereocenters. The number of rotatable bonds is 0. The van der Waals surface area contributed by atoms with Crippen molar-refractivity contribution in [1.29, 1.82) is 0 Å². The van der Waals surface area contributed by atoms with E-state index < -0.39 is 14.7 Å². The van der Waals surface area contributed by atoms with Crippen LogP contribution >= 0.6 is 27.9 Å². The Balaban J connectivity index is 0.000000245. The van der Waals surface area contributed by atoms with E-state index in [4.69, 9.17) is 27.9 Å². The first-order valence-corrected chi connectivity index (χ1v) is 11.7. The second-order valence-electron chi connectivity index (χ2n) is 4.08. The Morgan fingerprint density at radius 1 is 1.20 bits per heavy atom. The summed E-state index contributed by atoms with van der Waals surface area (Å²) in [5.74, 6) is 0.769. The van der Waals surface area contributed by atoms with Crippen LogP contribution in [0.3, 0.4) is 0 Å². The van der Waals surface area contributed by atoms with Gasteiger partial charge in [-0.2, -0.15) is 0 Å². The summed E-state index contributed by atoms with van der Waals surface area (Å²) in [5.41, 5.74) is 4.99. The fourth-order valence-electron chi connectivity index (χ4n) is 2.29. The molecule has 0 radical (unpaired) electrons. The zero-order valence-electron chi connectivity index (χ0n) is 9.12. The molecule has 0 aromatic heterocycles. The molecule has 2 rings (SSSR count). The van der Waals surface area contributed by atoms with Gasteiger partial charge in [-0.05, 0) is 44.1 Å². The third-order valence-electron chi connectivity index (χ3n) is 3.16. The molecule has 0 heterocycles. The van der Waals surface area contributed by atoms with Crippen LogP contribution in [0.4, 0.5) is 0 Å². The van der Waals surface area contributed by atoms with Gasteiger partial charge in [0.15, 0.2) is 0 Å². The average molecular weight is 302 g/mol. The third kappa shape index (κ3) is 4.44.